The van der Waals surface area contributed by atoms with Crippen molar-refractivity contribution in [1.29, 1.82) is 0 Å². The lowest BCUT2D eigenvalue weighted by molar-refractivity contribution is -0.137. The highest BCUT2D eigenvalue weighted by Gasteiger charge is 2.35. The van der Waals surface area contributed by atoms with Crippen LogP contribution in [0, 0.1) is 0 Å². The number of hydrogen-bond donors (Lipinski definition) is 2. The van der Waals surface area contributed by atoms with Crippen molar-refractivity contribution < 1.29 is 17.9 Å². The van der Waals surface area contributed by atoms with Crippen LogP contribution in [0.2, 0.25) is 0 Å². The van der Waals surface area contributed by atoms with E-state index in [0.29, 0.717) is 23.7 Å². The summed E-state index contributed by atoms with van der Waals surface area (Å²) in [6.07, 6.45) is 1.51. The maximum absolute atomic E-state index is 13.5. The van der Waals surface area contributed by atoms with Gasteiger partial charge in [-0.25, -0.2) is 4.98 Å². The fourth-order valence-electron chi connectivity index (χ4n) is 3.19. The molecule has 3 rings (SSSR count). The van der Waals surface area contributed by atoms with E-state index in [2.05, 4.69) is 27.5 Å². The summed E-state index contributed by atoms with van der Waals surface area (Å²) < 4.78 is 46.3. The van der Waals surface area contributed by atoms with Crippen LogP contribution in [0.4, 0.5) is 36.3 Å². The molecule has 0 saturated heterocycles. The first kappa shape index (κ1) is 24.4. The molecule has 2 aromatic carbocycles. The molecule has 176 valence electrons. The van der Waals surface area contributed by atoms with Crippen molar-refractivity contribution in [3.8, 4) is 5.75 Å². The Morgan fingerprint density at radius 1 is 0.848 bits per heavy atom. The van der Waals surface area contributed by atoms with E-state index in [9.17, 15) is 13.2 Å². The van der Waals surface area contributed by atoms with E-state index in [-0.39, 0.29) is 11.8 Å². The molecule has 3 aromatic rings. The van der Waals surface area contributed by atoms with E-state index in [1.807, 2.05) is 31.2 Å². The van der Waals surface area contributed by atoms with Gasteiger partial charge in [0.1, 0.15) is 17.1 Å². The predicted octanol–water partition coefficient (Wildman–Crippen LogP) is 7.50. The number of benzene rings is 2. The third kappa shape index (κ3) is 7.37. The first-order valence-corrected chi connectivity index (χ1v) is 11.2. The van der Waals surface area contributed by atoms with E-state index in [1.165, 1.54) is 6.42 Å². The average molecular weight is 459 g/mol. The van der Waals surface area contributed by atoms with Crippen LogP contribution in [0.3, 0.4) is 0 Å². The number of nitrogens with one attached hydrogen (secondary N) is 2. The molecule has 0 aliphatic rings. The molecule has 8 heteroatoms. The van der Waals surface area contributed by atoms with Gasteiger partial charge in [0.15, 0.2) is 0 Å². The van der Waals surface area contributed by atoms with Gasteiger partial charge in [0.05, 0.1) is 6.61 Å². The minimum absolute atomic E-state index is 0.0711. The Kier molecular flexibility index (Phi) is 8.52. The molecule has 2 N–H and O–H groups in total. The fraction of sp³-hybridized carbons (Fsp3) is 0.360. The third-order valence-corrected chi connectivity index (χ3v) is 5.10. The molecule has 0 aliphatic carbocycles. The zero-order valence-electron chi connectivity index (χ0n) is 18.9. The lowest BCUT2D eigenvalue weighted by Gasteiger charge is -2.15. The van der Waals surface area contributed by atoms with Crippen LogP contribution >= 0.6 is 0 Å². The number of anilines is 4. The van der Waals surface area contributed by atoms with Gasteiger partial charge in [-0.1, -0.05) is 45.2 Å². The van der Waals surface area contributed by atoms with Crippen molar-refractivity contribution in [3.63, 3.8) is 0 Å². The monoisotopic (exact) mass is 458 g/mol. The molecule has 1 heterocycles. The normalized spacial score (nSPS) is 11.3. The summed E-state index contributed by atoms with van der Waals surface area (Å²) in [6, 6.07) is 14.4. The van der Waals surface area contributed by atoms with Crippen molar-refractivity contribution in [3.05, 3.63) is 65.9 Å². The number of unbranched alkanes of at least 4 members (excludes halogenated alkanes) is 3. The van der Waals surface area contributed by atoms with Gasteiger partial charge >= 0.3 is 6.18 Å². The summed E-state index contributed by atoms with van der Waals surface area (Å²) in [7, 11) is 0. The van der Waals surface area contributed by atoms with Gasteiger partial charge in [0.25, 0.3) is 0 Å². The molecule has 5 nitrogen and oxygen atoms in total. The topological polar surface area (TPSA) is 59.1 Å². The molecular weight excluding hydrogens is 429 g/mol. The van der Waals surface area contributed by atoms with E-state index in [1.54, 1.807) is 24.3 Å². The van der Waals surface area contributed by atoms with Crippen molar-refractivity contribution >= 4 is 23.1 Å². The SMILES string of the molecule is CCCCCCOc1ccc(Nc2nc(Nc3ccc(CC)cc3)ncc2C(F)(F)F)cc1. The molecule has 0 radical (unpaired) electrons. The zero-order valence-corrected chi connectivity index (χ0v) is 18.9. The summed E-state index contributed by atoms with van der Waals surface area (Å²) in [6.45, 7) is 4.81. The number of halogens is 3. The number of hydrogen-bond acceptors (Lipinski definition) is 5. The smallest absolute Gasteiger partial charge is 0.421 e. The number of ether oxygens (including phenoxy) is 1. The number of aryl methyl sites for hydroxylation is 1. The lowest BCUT2D eigenvalue weighted by atomic mass is 10.1. The second-order valence-electron chi connectivity index (χ2n) is 7.69. The standard InChI is InChI=1S/C25H29F3N4O/c1-3-5-6-7-16-33-21-14-12-19(13-15-21)30-23-22(25(26,27)28)17-29-24(32-23)31-20-10-8-18(4-2)9-11-20/h8-15,17H,3-7,16H2,1-2H3,(H2,29,30,31,32). The van der Waals surface area contributed by atoms with E-state index in [0.717, 1.165) is 37.4 Å². The van der Waals surface area contributed by atoms with Gasteiger partial charge < -0.3 is 15.4 Å². The molecular formula is C25H29F3N4O. The van der Waals surface area contributed by atoms with Gasteiger partial charge in [-0.05, 0) is 54.8 Å². The minimum atomic E-state index is -4.59. The quantitative estimate of drug-likeness (QED) is 0.291. The Hall–Kier alpha value is -3.29. The van der Waals surface area contributed by atoms with Gasteiger partial charge in [-0.3, -0.25) is 0 Å². The molecule has 33 heavy (non-hydrogen) atoms. The zero-order chi connectivity index (χ0) is 23.7. The van der Waals surface area contributed by atoms with E-state index in [4.69, 9.17) is 4.74 Å². The van der Waals surface area contributed by atoms with Crippen molar-refractivity contribution in [2.24, 2.45) is 0 Å². The number of alkyl halides is 3. The second-order valence-corrected chi connectivity index (χ2v) is 7.69. The molecule has 0 aliphatic heterocycles. The first-order chi connectivity index (χ1) is 15.9. The maximum atomic E-state index is 13.5. The molecule has 0 fully saturated rings. The summed E-state index contributed by atoms with van der Waals surface area (Å²) in [5.74, 6) is 0.425. The van der Waals surface area contributed by atoms with Crippen molar-refractivity contribution in [1.82, 2.24) is 9.97 Å². The van der Waals surface area contributed by atoms with Crippen LogP contribution < -0.4 is 15.4 Å². The molecule has 0 spiro atoms. The van der Waals surface area contributed by atoms with Crippen LogP contribution in [0.5, 0.6) is 5.75 Å². The average Bonchev–Trinajstić information content (AvgIpc) is 2.80. The van der Waals surface area contributed by atoms with Crippen LogP contribution in [0.15, 0.2) is 54.7 Å². The lowest BCUT2D eigenvalue weighted by Crippen LogP contribution is -2.12. The van der Waals surface area contributed by atoms with Gasteiger partial charge in [0, 0.05) is 17.6 Å². The van der Waals surface area contributed by atoms with Crippen molar-refractivity contribution in [2.75, 3.05) is 17.2 Å². The van der Waals surface area contributed by atoms with Gasteiger partial charge in [-0.15, -0.1) is 0 Å². The molecule has 1 aromatic heterocycles. The number of aromatic nitrogens is 2. The summed E-state index contributed by atoms with van der Waals surface area (Å²) in [4.78, 5) is 7.94. The van der Waals surface area contributed by atoms with Crippen LogP contribution in [-0.4, -0.2) is 16.6 Å². The molecule has 0 amide bonds. The van der Waals surface area contributed by atoms with Gasteiger partial charge in [-0.2, -0.15) is 18.2 Å². The highest BCUT2D eigenvalue weighted by Crippen LogP contribution is 2.35. The van der Waals surface area contributed by atoms with Crippen LogP contribution in [0.25, 0.3) is 0 Å². The molecule has 0 unspecified atom stereocenters. The summed E-state index contributed by atoms with van der Waals surface area (Å²) in [5.41, 5.74) is 1.38. The first-order valence-electron chi connectivity index (χ1n) is 11.2. The molecule has 0 saturated carbocycles. The van der Waals surface area contributed by atoms with Crippen LogP contribution in [0.1, 0.15) is 50.7 Å². The maximum Gasteiger partial charge on any atom is 0.421 e. The Labute approximate surface area is 192 Å². The Bertz CT molecular complexity index is 1010. The largest absolute Gasteiger partial charge is 0.494 e. The van der Waals surface area contributed by atoms with E-state index >= 15 is 0 Å². The van der Waals surface area contributed by atoms with Crippen LogP contribution in [-0.2, 0) is 12.6 Å². The number of nitrogens with zero attached hydrogens (tertiary/aromatic N) is 2. The minimum Gasteiger partial charge on any atom is -0.494 e. The second kappa shape index (κ2) is 11.5. The molecule has 0 bridgehead atoms. The highest BCUT2D eigenvalue weighted by molar-refractivity contribution is 5.63. The Morgan fingerprint density at radius 2 is 1.52 bits per heavy atom. The Morgan fingerprint density at radius 3 is 2.15 bits per heavy atom. The van der Waals surface area contributed by atoms with E-state index < -0.39 is 11.7 Å². The highest BCUT2D eigenvalue weighted by atomic mass is 19.4. The number of rotatable bonds is 11. The predicted molar refractivity (Wildman–Crippen MR) is 125 cm³/mol. The fourth-order valence-corrected chi connectivity index (χ4v) is 3.19. The summed E-state index contributed by atoms with van der Waals surface area (Å²) >= 11 is 0. The Balaban J connectivity index is 1.72. The summed E-state index contributed by atoms with van der Waals surface area (Å²) in [5, 5.41) is 5.73. The molecule has 0 atom stereocenters. The van der Waals surface area contributed by atoms with Crippen molar-refractivity contribution in [2.45, 2.75) is 52.1 Å². The third-order valence-electron chi connectivity index (χ3n) is 5.10. The van der Waals surface area contributed by atoms with Gasteiger partial charge in [0.2, 0.25) is 5.95 Å².